The Morgan fingerprint density at radius 1 is 1.21 bits per heavy atom. The fourth-order valence-electron chi connectivity index (χ4n) is 3.06. The number of rotatable bonds is 11. The summed E-state index contributed by atoms with van der Waals surface area (Å²) in [6.07, 6.45) is -0.422. The molecule has 13 heteroatoms. The number of fused-ring (bicyclic) bond motifs is 1. The van der Waals surface area contributed by atoms with E-state index >= 15 is 0 Å². The summed E-state index contributed by atoms with van der Waals surface area (Å²) in [6.45, 7) is 1.54. The third-order valence-corrected chi connectivity index (χ3v) is 7.46. The van der Waals surface area contributed by atoms with Gasteiger partial charge in [-0.25, -0.2) is 14.6 Å². The van der Waals surface area contributed by atoms with Gasteiger partial charge in [0, 0.05) is 17.4 Å². The van der Waals surface area contributed by atoms with Gasteiger partial charge in [-0.2, -0.15) is 0 Å². The van der Waals surface area contributed by atoms with E-state index < -0.39 is 23.7 Å². The molecule has 176 valence electrons. The predicted molar refractivity (Wildman–Crippen MR) is 126 cm³/mol. The number of ether oxygens (including phenoxy) is 2. The number of thiazole rings is 2. The fraction of sp³-hybridized carbons (Fsp3) is 0.400. The molecular formula is C20H23N5O5S3. The highest BCUT2D eigenvalue weighted by Gasteiger charge is 2.29. The Kier molecular flexibility index (Phi) is 7.90. The normalized spacial score (nSPS) is 15.5. The average Bonchev–Trinajstić information content (AvgIpc) is 3.55. The van der Waals surface area contributed by atoms with E-state index in [9.17, 15) is 15.3 Å². The lowest BCUT2D eigenvalue weighted by molar-refractivity contribution is -0.105. The van der Waals surface area contributed by atoms with Gasteiger partial charge in [0.15, 0.2) is 0 Å². The van der Waals surface area contributed by atoms with Crippen molar-refractivity contribution in [3.8, 4) is 16.6 Å². The predicted octanol–water partition coefficient (Wildman–Crippen LogP) is 2.61. The van der Waals surface area contributed by atoms with Crippen molar-refractivity contribution in [1.82, 2.24) is 25.0 Å². The molecule has 2 unspecified atom stereocenters. The molecule has 0 aliphatic carbocycles. The number of aliphatic hydroxyl groups is 2. The van der Waals surface area contributed by atoms with E-state index in [-0.39, 0.29) is 11.8 Å². The summed E-state index contributed by atoms with van der Waals surface area (Å²) in [5, 5.41) is 39.1. The molecule has 10 nitrogen and oxygen atoms in total. The zero-order valence-corrected chi connectivity index (χ0v) is 20.3. The largest absolute Gasteiger partial charge is 0.486 e. The Morgan fingerprint density at radius 3 is 2.76 bits per heavy atom. The van der Waals surface area contributed by atoms with Gasteiger partial charge >= 0.3 is 0 Å². The zero-order chi connectivity index (χ0) is 23.4. The third kappa shape index (κ3) is 5.87. The molecule has 0 amide bonds. The number of methoxy groups -OCH3 is 1. The molecule has 1 aromatic carbocycles. The third-order valence-electron chi connectivity index (χ3n) is 4.85. The van der Waals surface area contributed by atoms with Crippen LogP contribution in [-0.2, 0) is 16.0 Å². The molecule has 0 radical (unpaired) electrons. The summed E-state index contributed by atoms with van der Waals surface area (Å²) in [5.41, 5.74) is 3.21. The maximum atomic E-state index is 10.0. The number of nitrogens with zero attached hydrogens (tertiary/aromatic N) is 5. The second-order valence-corrected chi connectivity index (χ2v) is 10.1. The minimum atomic E-state index is -0.866. The minimum absolute atomic E-state index is 0.0368. The molecule has 3 aromatic heterocycles. The van der Waals surface area contributed by atoms with E-state index in [0.29, 0.717) is 17.9 Å². The first kappa shape index (κ1) is 24.0. The summed E-state index contributed by atoms with van der Waals surface area (Å²) in [6, 6.07) is 5.92. The summed E-state index contributed by atoms with van der Waals surface area (Å²) < 4.78 is 14.5. The first-order valence-electron chi connectivity index (χ1n) is 9.99. The molecule has 4 aromatic rings. The average molecular weight is 510 g/mol. The topological polar surface area (TPSA) is 136 Å². The van der Waals surface area contributed by atoms with Crippen LogP contribution >= 0.6 is 34.4 Å². The highest BCUT2D eigenvalue weighted by Crippen LogP contribution is 2.33. The maximum absolute atomic E-state index is 10.0. The van der Waals surface area contributed by atoms with E-state index in [1.165, 1.54) is 11.8 Å². The van der Waals surface area contributed by atoms with Gasteiger partial charge in [0.25, 0.3) is 5.19 Å². The van der Waals surface area contributed by atoms with E-state index in [1.54, 1.807) is 47.1 Å². The number of hydrogen-bond donors (Lipinski definition) is 3. The standard InChI is InChI=1S/C20H23N5O5S3/c1-11(27)17(8-26)30-19(33-12-3-4-13-18(5-12)32-10-21-13)16(29-2)7-25-6-14(23-24-25)15-9-31-20(28)22-15/h3-6,9-11,16-17,19,26-27H,7-8H2,1-2H3,(H,22,28)/t11-,16+,17?,19?/m1/s1. The maximum Gasteiger partial charge on any atom is 0.271 e. The van der Waals surface area contributed by atoms with Crippen LogP contribution in [0.1, 0.15) is 6.92 Å². The van der Waals surface area contributed by atoms with Gasteiger partial charge in [-0.1, -0.05) is 28.3 Å². The van der Waals surface area contributed by atoms with Crippen LogP contribution in [0.2, 0.25) is 0 Å². The van der Waals surface area contributed by atoms with Gasteiger partial charge in [-0.05, 0) is 25.1 Å². The summed E-state index contributed by atoms with van der Waals surface area (Å²) >= 11 is 4.09. The number of aliphatic hydroxyl groups excluding tert-OH is 2. The molecule has 33 heavy (non-hydrogen) atoms. The van der Waals surface area contributed by atoms with Crippen LogP contribution in [0.15, 0.2) is 40.2 Å². The molecule has 3 heterocycles. The van der Waals surface area contributed by atoms with Crippen LogP contribution < -0.4 is 0 Å². The Hall–Kier alpha value is -2.13. The monoisotopic (exact) mass is 509 g/mol. The first-order valence-corrected chi connectivity index (χ1v) is 12.6. The van der Waals surface area contributed by atoms with Crippen molar-refractivity contribution in [1.29, 1.82) is 0 Å². The summed E-state index contributed by atoms with van der Waals surface area (Å²) in [4.78, 5) is 9.26. The van der Waals surface area contributed by atoms with E-state index in [0.717, 1.165) is 26.4 Å². The Balaban J connectivity index is 1.55. The van der Waals surface area contributed by atoms with Gasteiger partial charge in [-0.3, -0.25) is 0 Å². The number of benzene rings is 1. The highest BCUT2D eigenvalue weighted by atomic mass is 32.2. The Morgan fingerprint density at radius 2 is 2.06 bits per heavy atom. The first-order chi connectivity index (χ1) is 16.0. The van der Waals surface area contributed by atoms with Crippen LogP contribution in [-0.4, -0.2) is 77.7 Å². The molecule has 0 spiro atoms. The molecule has 0 fully saturated rings. The van der Waals surface area contributed by atoms with Crippen LogP contribution in [0.4, 0.5) is 0 Å². The Labute approximate surface area is 201 Å². The zero-order valence-electron chi connectivity index (χ0n) is 17.8. The number of aromatic nitrogens is 5. The summed E-state index contributed by atoms with van der Waals surface area (Å²) in [7, 11) is 1.57. The number of thioether (sulfide) groups is 1. The van der Waals surface area contributed by atoms with Crippen LogP contribution in [0.3, 0.4) is 0 Å². The second kappa shape index (κ2) is 10.9. The molecule has 3 N–H and O–H groups in total. The molecule has 4 rings (SSSR count). The van der Waals surface area contributed by atoms with Crippen LogP contribution in [0, 0.1) is 0 Å². The molecule has 4 atom stereocenters. The Bertz CT molecular complexity index is 1180. The van der Waals surface area contributed by atoms with Gasteiger partial charge in [0.2, 0.25) is 0 Å². The van der Waals surface area contributed by atoms with E-state index in [4.69, 9.17) is 9.47 Å². The quantitative estimate of drug-likeness (QED) is 0.204. The van der Waals surface area contributed by atoms with Crippen molar-refractivity contribution >= 4 is 44.7 Å². The van der Waals surface area contributed by atoms with E-state index in [1.807, 2.05) is 18.2 Å². The lowest BCUT2D eigenvalue weighted by Gasteiger charge is -2.30. The van der Waals surface area contributed by atoms with Crippen molar-refractivity contribution < 1.29 is 24.8 Å². The fourth-order valence-corrected chi connectivity index (χ4v) is 5.54. The van der Waals surface area contributed by atoms with E-state index in [2.05, 4.69) is 20.3 Å². The lowest BCUT2D eigenvalue weighted by atomic mass is 10.2. The van der Waals surface area contributed by atoms with Gasteiger partial charge in [0.1, 0.15) is 29.0 Å². The smallest absolute Gasteiger partial charge is 0.271 e. The summed E-state index contributed by atoms with van der Waals surface area (Å²) in [5.74, 6) is 0. The van der Waals surface area contributed by atoms with Crippen molar-refractivity contribution in [3.63, 3.8) is 0 Å². The molecule has 0 bridgehead atoms. The van der Waals surface area contributed by atoms with Gasteiger partial charge < -0.3 is 24.8 Å². The minimum Gasteiger partial charge on any atom is -0.486 e. The lowest BCUT2D eigenvalue weighted by Crippen LogP contribution is -2.40. The van der Waals surface area contributed by atoms with Gasteiger partial charge in [-0.15, -0.1) is 16.4 Å². The number of aromatic hydroxyl groups is 1. The highest BCUT2D eigenvalue weighted by molar-refractivity contribution is 7.99. The van der Waals surface area contributed by atoms with Crippen molar-refractivity contribution in [2.24, 2.45) is 0 Å². The van der Waals surface area contributed by atoms with Crippen LogP contribution in [0.25, 0.3) is 21.6 Å². The molecule has 0 saturated carbocycles. The second-order valence-electron chi connectivity index (χ2n) is 7.18. The molecule has 0 aliphatic rings. The van der Waals surface area contributed by atoms with Crippen molar-refractivity contribution in [3.05, 3.63) is 35.3 Å². The molecule has 0 saturated heterocycles. The van der Waals surface area contributed by atoms with Crippen LogP contribution in [0.5, 0.6) is 5.19 Å². The van der Waals surface area contributed by atoms with Gasteiger partial charge in [0.05, 0.1) is 41.2 Å². The van der Waals surface area contributed by atoms with Crippen molar-refractivity contribution in [2.45, 2.75) is 42.1 Å². The molecular weight excluding hydrogens is 486 g/mol. The number of hydrogen-bond acceptors (Lipinski definition) is 12. The SMILES string of the molecule is CO[C@@H](Cn1cc(-c2csc(O)n2)nn1)C(OC(CO)[C@@H](C)O)Sc1ccc2ncsc2c1. The van der Waals surface area contributed by atoms with Crippen molar-refractivity contribution in [2.75, 3.05) is 13.7 Å². The molecule has 0 aliphatic heterocycles.